The number of para-hydroxylation sites is 1. The molecule has 2 aromatic rings. The van der Waals surface area contributed by atoms with E-state index in [4.69, 9.17) is 10.00 Å². The molecule has 1 aliphatic rings. The van der Waals surface area contributed by atoms with Crippen molar-refractivity contribution in [3.8, 4) is 6.07 Å². The van der Waals surface area contributed by atoms with Gasteiger partial charge in [0.05, 0.1) is 25.5 Å². The average Bonchev–Trinajstić information content (AvgIpc) is 3.00. The van der Waals surface area contributed by atoms with E-state index < -0.39 is 5.91 Å². The predicted molar refractivity (Wildman–Crippen MR) is 95.3 cm³/mol. The first-order chi connectivity index (χ1) is 12.7. The number of hydrogen-bond donors (Lipinski definition) is 1. The molecule has 1 fully saturated rings. The van der Waals surface area contributed by atoms with Crippen LogP contribution in [0.3, 0.4) is 0 Å². The van der Waals surface area contributed by atoms with Crippen molar-refractivity contribution in [2.75, 3.05) is 26.3 Å². The molecule has 8 nitrogen and oxygen atoms in total. The van der Waals surface area contributed by atoms with Crippen LogP contribution in [0.4, 0.5) is 0 Å². The number of fused-ring (bicyclic) bond motifs is 1. The zero-order valence-electron chi connectivity index (χ0n) is 14.2. The summed E-state index contributed by atoms with van der Waals surface area (Å²) in [7, 11) is 0. The van der Waals surface area contributed by atoms with Gasteiger partial charge < -0.3 is 14.2 Å². The zero-order valence-corrected chi connectivity index (χ0v) is 14.2. The summed E-state index contributed by atoms with van der Waals surface area (Å²) in [6.45, 7) is 2.58. The van der Waals surface area contributed by atoms with Crippen molar-refractivity contribution in [3.63, 3.8) is 0 Å². The Balaban J connectivity index is 1.78. The first-order valence-corrected chi connectivity index (χ1v) is 8.31. The second-order valence-corrected chi connectivity index (χ2v) is 5.85. The third-order valence-corrected chi connectivity index (χ3v) is 4.12. The molecule has 26 heavy (non-hydrogen) atoms. The van der Waals surface area contributed by atoms with Gasteiger partial charge in [0.2, 0.25) is 5.91 Å². The Morgan fingerprint density at radius 2 is 2.08 bits per heavy atom. The maximum atomic E-state index is 12.5. The normalized spacial score (nSPS) is 14.5. The molecule has 2 amide bonds. The number of hydrazone groups is 1. The number of amides is 2. The molecule has 3 rings (SSSR count). The lowest BCUT2D eigenvalue weighted by atomic mass is 10.2. The van der Waals surface area contributed by atoms with Gasteiger partial charge in [0.25, 0.3) is 5.91 Å². The highest BCUT2D eigenvalue weighted by atomic mass is 16.5. The lowest BCUT2D eigenvalue weighted by Gasteiger charge is -2.27. The van der Waals surface area contributed by atoms with Crippen molar-refractivity contribution in [2.45, 2.75) is 13.0 Å². The number of morpholine rings is 1. The van der Waals surface area contributed by atoms with Gasteiger partial charge in [-0.15, -0.1) is 0 Å². The van der Waals surface area contributed by atoms with E-state index in [1.54, 1.807) is 11.0 Å². The highest BCUT2D eigenvalue weighted by molar-refractivity contribution is 6.00. The second-order valence-electron chi connectivity index (χ2n) is 5.85. The number of nitrogens with one attached hydrogen (secondary N) is 1. The summed E-state index contributed by atoms with van der Waals surface area (Å²) in [5.74, 6) is -0.421. The Morgan fingerprint density at radius 1 is 1.31 bits per heavy atom. The van der Waals surface area contributed by atoms with E-state index in [-0.39, 0.29) is 18.9 Å². The van der Waals surface area contributed by atoms with Gasteiger partial charge in [0, 0.05) is 35.8 Å². The Labute approximate surface area is 150 Å². The molecule has 0 atom stereocenters. The highest BCUT2D eigenvalue weighted by Crippen LogP contribution is 2.20. The number of rotatable bonds is 5. The highest BCUT2D eigenvalue weighted by Gasteiger charge is 2.18. The number of nitriles is 1. The first kappa shape index (κ1) is 17.6. The van der Waals surface area contributed by atoms with Gasteiger partial charge in [-0.1, -0.05) is 18.2 Å². The molecule has 0 saturated carbocycles. The van der Waals surface area contributed by atoms with E-state index in [1.807, 2.05) is 35.0 Å². The van der Waals surface area contributed by atoms with Crippen LogP contribution in [0.1, 0.15) is 12.0 Å². The van der Waals surface area contributed by atoms with Crippen molar-refractivity contribution < 1.29 is 14.3 Å². The van der Waals surface area contributed by atoms with E-state index in [2.05, 4.69) is 10.5 Å². The summed E-state index contributed by atoms with van der Waals surface area (Å²) in [5, 5.41) is 13.3. The fraction of sp³-hybridized carbons (Fsp3) is 0.333. The summed E-state index contributed by atoms with van der Waals surface area (Å²) >= 11 is 0. The van der Waals surface area contributed by atoms with Crippen molar-refractivity contribution >= 4 is 28.9 Å². The Bertz CT molecular complexity index is 875. The molecule has 0 bridgehead atoms. The monoisotopic (exact) mass is 353 g/mol. The van der Waals surface area contributed by atoms with Crippen molar-refractivity contribution in [2.24, 2.45) is 5.10 Å². The molecule has 1 aliphatic heterocycles. The number of nitrogens with zero attached hydrogens (tertiary/aromatic N) is 4. The van der Waals surface area contributed by atoms with Crippen LogP contribution in [0, 0.1) is 11.3 Å². The molecular formula is C18H19N5O3. The molecule has 0 spiro atoms. The van der Waals surface area contributed by atoms with Crippen molar-refractivity contribution in [1.29, 1.82) is 5.26 Å². The molecule has 2 heterocycles. The van der Waals surface area contributed by atoms with Crippen molar-refractivity contribution in [3.05, 3.63) is 36.0 Å². The Kier molecular flexibility index (Phi) is 5.61. The minimum absolute atomic E-state index is 0.0415. The van der Waals surface area contributed by atoms with Crippen LogP contribution in [-0.2, 0) is 20.9 Å². The third-order valence-electron chi connectivity index (χ3n) is 4.12. The molecule has 1 saturated heterocycles. The van der Waals surface area contributed by atoms with Crippen LogP contribution in [0.15, 0.2) is 35.6 Å². The summed E-state index contributed by atoms with van der Waals surface area (Å²) in [4.78, 5) is 25.6. The summed E-state index contributed by atoms with van der Waals surface area (Å²) in [6, 6.07) is 9.45. The van der Waals surface area contributed by atoms with Crippen LogP contribution in [0.25, 0.3) is 10.9 Å². The van der Waals surface area contributed by atoms with Gasteiger partial charge in [-0.25, -0.2) is 5.43 Å². The van der Waals surface area contributed by atoms with Crippen molar-refractivity contribution in [1.82, 2.24) is 14.9 Å². The maximum absolute atomic E-state index is 12.5. The fourth-order valence-corrected chi connectivity index (χ4v) is 2.85. The summed E-state index contributed by atoms with van der Waals surface area (Å²) in [6.07, 6.45) is 3.11. The van der Waals surface area contributed by atoms with Crippen LogP contribution < -0.4 is 5.43 Å². The average molecular weight is 353 g/mol. The lowest BCUT2D eigenvalue weighted by molar-refractivity contribution is -0.135. The molecule has 0 radical (unpaired) electrons. The molecular weight excluding hydrogens is 334 g/mol. The topological polar surface area (TPSA) is 99.7 Å². The van der Waals surface area contributed by atoms with Gasteiger partial charge in [-0.05, 0) is 6.07 Å². The summed E-state index contributed by atoms with van der Waals surface area (Å²) in [5.41, 5.74) is 4.01. The molecule has 0 unspecified atom stereocenters. The minimum Gasteiger partial charge on any atom is -0.378 e. The van der Waals surface area contributed by atoms with E-state index in [0.29, 0.717) is 26.3 Å². The molecule has 1 aromatic carbocycles. The fourth-order valence-electron chi connectivity index (χ4n) is 2.85. The number of carbonyl (C=O) groups excluding carboxylic acids is 2. The van der Waals surface area contributed by atoms with Crippen LogP contribution in [-0.4, -0.2) is 53.8 Å². The third kappa shape index (κ3) is 4.07. The number of aromatic nitrogens is 1. The van der Waals surface area contributed by atoms with Crippen LogP contribution >= 0.6 is 0 Å². The number of hydrogen-bond acceptors (Lipinski definition) is 5. The summed E-state index contributed by atoms with van der Waals surface area (Å²) < 4.78 is 7.16. The molecule has 1 N–H and O–H groups in total. The minimum atomic E-state index is -0.463. The van der Waals surface area contributed by atoms with E-state index in [9.17, 15) is 9.59 Å². The van der Waals surface area contributed by atoms with Gasteiger partial charge in [-0.3, -0.25) is 9.59 Å². The Hall–Kier alpha value is -3.18. The van der Waals surface area contributed by atoms with E-state index in [1.165, 1.54) is 6.21 Å². The zero-order chi connectivity index (χ0) is 18.4. The number of ether oxygens (including phenoxy) is 1. The Morgan fingerprint density at radius 3 is 2.85 bits per heavy atom. The number of carbonyl (C=O) groups is 2. The van der Waals surface area contributed by atoms with Gasteiger partial charge in [-0.2, -0.15) is 10.4 Å². The van der Waals surface area contributed by atoms with Crippen LogP contribution in [0.5, 0.6) is 0 Å². The molecule has 1 aromatic heterocycles. The largest absolute Gasteiger partial charge is 0.378 e. The second kappa shape index (κ2) is 8.27. The maximum Gasteiger partial charge on any atom is 0.254 e. The molecule has 134 valence electrons. The smallest absolute Gasteiger partial charge is 0.254 e. The first-order valence-electron chi connectivity index (χ1n) is 8.31. The molecule has 0 aliphatic carbocycles. The van der Waals surface area contributed by atoms with E-state index >= 15 is 0 Å². The van der Waals surface area contributed by atoms with Crippen LogP contribution in [0.2, 0.25) is 0 Å². The number of benzene rings is 1. The standard InChI is InChI=1S/C18H19N5O3/c19-6-5-17(24)21-20-11-14-12-23(16-4-2-1-3-15(14)16)13-18(25)22-7-9-26-10-8-22/h1-4,11-12H,5,7-10,13H2,(H,21,24). The SMILES string of the molecule is N#CCC(=O)NN=Cc1cn(CC(=O)N2CCOCC2)c2ccccc12. The lowest BCUT2D eigenvalue weighted by Crippen LogP contribution is -2.42. The van der Waals surface area contributed by atoms with E-state index in [0.717, 1.165) is 16.5 Å². The molecule has 8 heteroatoms. The quantitative estimate of drug-likeness (QED) is 0.636. The van der Waals surface area contributed by atoms with Gasteiger partial charge in [0.1, 0.15) is 13.0 Å². The van der Waals surface area contributed by atoms with Gasteiger partial charge in [0.15, 0.2) is 0 Å². The predicted octanol–water partition coefficient (Wildman–Crippen LogP) is 0.864. The van der Waals surface area contributed by atoms with Gasteiger partial charge >= 0.3 is 0 Å².